The molecule has 0 N–H and O–H groups in total. The minimum Gasteiger partial charge on any atom is -0.489 e. The molecule has 28 heavy (non-hydrogen) atoms. The molecule has 0 atom stereocenters. The third-order valence-electron chi connectivity index (χ3n) is 4.56. The zero-order valence-corrected chi connectivity index (χ0v) is 16.1. The number of hydrogen-bond donors (Lipinski definition) is 0. The van der Waals surface area contributed by atoms with Crippen LogP contribution in [0.4, 0.5) is 4.39 Å². The summed E-state index contributed by atoms with van der Waals surface area (Å²) < 4.78 is 20.9. The summed E-state index contributed by atoms with van der Waals surface area (Å²) in [5.74, 6) is -0.339. The number of likely N-dealkylation sites (N-methyl/N-ethyl adjacent to an activating group) is 1. The van der Waals surface area contributed by atoms with Gasteiger partial charge in [0.15, 0.2) is 11.6 Å². The molecule has 1 amide bonds. The monoisotopic (exact) mass is 381 g/mol. The Hall–Kier alpha value is -3.15. The van der Waals surface area contributed by atoms with Gasteiger partial charge in [-0.1, -0.05) is 49.4 Å². The van der Waals surface area contributed by atoms with Gasteiger partial charge in [0.2, 0.25) is 0 Å². The molecule has 0 spiro atoms. The third-order valence-corrected chi connectivity index (χ3v) is 4.56. The number of aromatic nitrogens is 2. The molecule has 0 aliphatic carbocycles. The average molecular weight is 381 g/mol. The first-order valence-corrected chi connectivity index (χ1v) is 9.31. The SMILES string of the molecule is CCc1c(C(=O)N(C)CCOc2ccccc2F)cnn1Cc1ccccc1. The van der Waals surface area contributed by atoms with Crippen molar-refractivity contribution in [3.05, 3.63) is 83.4 Å². The van der Waals surface area contributed by atoms with Crippen molar-refractivity contribution in [3.63, 3.8) is 0 Å². The summed E-state index contributed by atoms with van der Waals surface area (Å²) in [6.45, 7) is 3.19. The molecule has 5 nitrogen and oxygen atoms in total. The molecular formula is C22H24FN3O2. The van der Waals surface area contributed by atoms with Crippen LogP contribution in [0.5, 0.6) is 5.75 Å². The Bertz CT molecular complexity index is 925. The molecule has 6 heteroatoms. The number of carbonyl (C=O) groups is 1. The number of carbonyl (C=O) groups excluding carboxylic acids is 1. The molecule has 0 saturated carbocycles. The second kappa shape index (κ2) is 9.17. The summed E-state index contributed by atoms with van der Waals surface area (Å²) in [6, 6.07) is 16.3. The number of hydrogen-bond acceptors (Lipinski definition) is 3. The molecule has 3 aromatic rings. The first kappa shape index (κ1) is 19.6. The fourth-order valence-corrected chi connectivity index (χ4v) is 3.02. The van der Waals surface area contributed by atoms with Crippen LogP contribution < -0.4 is 4.74 Å². The maximum absolute atomic E-state index is 13.6. The molecule has 1 heterocycles. The fourth-order valence-electron chi connectivity index (χ4n) is 3.02. The van der Waals surface area contributed by atoms with Gasteiger partial charge in [0.05, 0.1) is 30.5 Å². The van der Waals surface area contributed by atoms with E-state index >= 15 is 0 Å². The van der Waals surface area contributed by atoms with Gasteiger partial charge in [-0.2, -0.15) is 5.10 Å². The maximum atomic E-state index is 13.6. The molecule has 2 aromatic carbocycles. The molecule has 0 unspecified atom stereocenters. The number of amides is 1. The molecule has 0 aliphatic rings. The minimum atomic E-state index is -0.410. The van der Waals surface area contributed by atoms with Gasteiger partial charge in [0.1, 0.15) is 6.61 Å². The van der Waals surface area contributed by atoms with E-state index < -0.39 is 5.82 Å². The van der Waals surface area contributed by atoms with E-state index in [0.29, 0.717) is 25.1 Å². The second-order valence-corrected chi connectivity index (χ2v) is 6.51. The van der Waals surface area contributed by atoms with Crippen LogP contribution in [0.3, 0.4) is 0 Å². The molecular weight excluding hydrogens is 357 g/mol. The van der Waals surface area contributed by atoms with Crippen molar-refractivity contribution in [2.75, 3.05) is 20.2 Å². The maximum Gasteiger partial charge on any atom is 0.257 e. The van der Waals surface area contributed by atoms with Gasteiger partial charge < -0.3 is 9.64 Å². The molecule has 1 aromatic heterocycles. The van der Waals surface area contributed by atoms with Crippen LogP contribution in [0.15, 0.2) is 60.8 Å². The number of benzene rings is 2. The fraction of sp³-hybridized carbons (Fsp3) is 0.273. The molecule has 146 valence electrons. The van der Waals surface area contributed by atoms with Crippen molar-refractivity contribution in [3.8, 4) is 5.75 Å². The van der Waals surface area contributed by atoms with Gasteiger partial charge in [-0.05, 0) is 24.1 Å². The van der Waals surface area contributed by atoms with Crippen LogP contribution in [0, 0.1) is 5.82 Å². The Labute approximate surface area is 164 Å². The highest BCUT2D eigenvalue weighted by atomic mass is 19.1. The smallest absolute Gasteiger partial charge is 0.257 e. The Balaban J connectivity index is 1.63. The normalized spacial score (nSPS) is 10.7. The largest absolute Gasteiger partial charge is 0.489 e. The zero-order valence-electron chi connectivity index (χ0n) is 16.1. The van der Waals surface area contributed by atoms with E-state index in [1.807, 2.05) is 41.9 Å². The Kier molecular flexibility index (Phi) is 6.42. The van der Waals surface area contributed by atoms with Gasteiger partial charge in [-0.25, -0.2) is 4.39 Å². The highest BCUT2D eigenvalue weighted by Crippen LogP contribution is 2.16. The predicted molar refractivity (Wildman–Crippen MR) is 106 cm³/mol. The molecule has 0 saturated heterocycles. The molecule has 0 fully saturated rings. The summed E-state index contributed by atoms with van der Waals surface area (Å²) in [5, 5.41) is 4.41. The van der Waals surface area contributed by atoms with Crippen molar-refractivity contribution in [1.29, 1.82) is 0 Å². The summed E-state index contributed by atoms with van der Waals surface area (Å²) >= 11 is 0. The van der Waals surface area contributed by atoms with E-state index in [0.717, 1.165) is 11.3 Å². The van der Waals surface area contributed by atoms with E-state index in [4.69, 9.17) is 4.74 Å². The van der Waals surface area contributed by atoms with Crippen molar-refractivity contribution in [2.45, 2.75) is 19.9 Å². The first-order chi connectivity index (χ1) is 13.6. The van der Waals surface area contributed by atoms with Crippen LogP contribution in [-0.2, 0) is 13.0 Å². The van der Waals surface area contributed by atoms with Gasteiger partial charge in [0, 0.05) is 7.05 Å². The lowest BCUT2D eigenvalue weighted by molar-refractivity contribution is 0.0771. The highest BCUT2D eigenvalue weighted by molar-refractivity contribution is 5.95. The molecule has 3 rings (SSSR count). The summed E-state index contributed by atoms with van der Waals surface area (Å²) in [7, 11) is 1.71. The van der Waals surface area contributed by atoms with Gasteiger partial charge in [-0.15, -0.1) is 0 Å². The van der Waals surface area contributed by atoms with Crippen LogP contribution in [0.25, 0.3) is 0 Å². The first-order valence-electron chi connectivity index (χ1n) is 9.31. The van der Waals surface area contributed by atoms with E-state index in [1.54, 1.807) is 36.3 Å². The second-order valence-electron chi connectivity index (χ2n) is 6.51. The van der Waals surface area contributed by atoms with Gasteiger partial charge >= 0.3 is 0 Å². The molecule has 0 radical (unpaired) electrons. The van der Waals surface area contributed by atoms with E-state index in [9.17, 15) is 9.18 Å². The topological polar surface area (TPSA) is 47.4 Å². The number of ether oxygens (including phenoxy) is 1. The predicted octanol–water partition coefficient (Wildman–Crippen LogP) is 3.78. The third kappa shape index (κ3) is 4.57. The van der Waals surface area contributed by atoms with Crippen molar-refractivity contribution in [2.24, 2.45) is 0 Å². The summed E-state index contributed by atoms with van der Waals surface area (Å²) in [4.78, 5) is 14.4. The number of para-hydroxylation sites is 1. The Morgan fingerprint density at radius 3 is 2.57 bits per heavy atom. The van der Waals surface area contributed by atoms with Crippen molar-refractivity contribution >= 4 is 5.91 Å². The summed E-state index contributed by atoms with van der Waals surface area (Å²) in [6.07, 6.45) is 2.33. The van der Waals surface area contributed by atoms with Crippen LogP contribution in [-0.4, -0.2) is 40.8 Å². The minimum absolute atomic E-state index is 0.117. The van der Waals surface area contributed by atoms with E-state index in [1.165, 1.54) is 6.07 Å². The Morgan fingerprint density at radius 2 is 1.86 bits per heavy atom. The summed E-state index contributed by atoms with van der Waals surface area (Å²) in [5.41, 5.74) is 2.62. The lowest BCUT2D eigenvalue weighted by Crippen LogP contribution is -2.31. The zero-order chi connectivity index (χ0) is 19.9. The van der Waals surface area contributed by atoms with Crippen LogP contribution in [0.2, 0.25) is 0 Å². The number of nitrogens with zero attached hydrogens (tertiary/aromatic N) is 3. The number of rotatable bonds is 8. The van der Waals surface area contributed by atoms with Crippen molar-refractivity contribution < 1.29 is 13.9 Å². The molecule has 0 aliphatic heterocycles. The van der Waals surface area contributed by atoms with Gasteiger partial charge in [0.25, 0.3) is 5.91 Å². The van der Waals surface area contributed by atoms with Crippen LogP contribution >= 0.6 is 0 Å². The van der Waals surface area contributed by atoms with E-state index in [2.05, 4.69) is 5.10 Å². The van der Waals surface area contributed by atoms with Crippen LogP contribution in [0.1, 0.15) is 28.5 Å². The Morgan fingerprint density at radius 1 is 1.14 bits per heavy atom. The highest BCUT2D eigenvalue weighted by Gasteiger charge is 2.19. The lowest BCUT2D eigenvalue weighted by atomic mass is 10.1. The number of halogens is 1. The van der Waals surface area contributed by atoms with Gasteiger partial charge in [-0.3, -0.25) is 9.48 Å². The standard InChI is InChI=1S/C22H24FN3O2/c1-3-20-18(15-24-26(20)16-17-9-5-4-6-10-17)22(27)25(2)13-14-28-21-12-8-7-11-19(21)23/h4-12,15H,3,13-14,16H2,1-2H3. The van der Waals surface area contributed by atoms with E-state index in [-0.39, 0.29) is 18.3 Å². The quantitative estimate of drug-likeness (QED) is 0.597. The van der Waals surface area contributed by atoms with Crippen molar-refractivity contribution in [1.82, 2.24) is 14.7 Å². The molecule has 0 bridgehead atoms. The lowest BCUT2D eigenvalue weighted by Gasteiger charge is -2.18. The average Bonchev–Trinajstić information content (AvgIpc) is 3.12.